The van der Waals surface area contributed by atoms with Gasteiger partial charge in [0.25, 0.3) is 0 Å². The van der Waals surface area contributed by atoms with Crippen molar-refractivity contribution in [3.63, 3.8) is 0 Å². The summed E-state index contributed by atoms with van der Waals surface area (Å²) in [7, 11) is 0. The van der Waals surface area contributed by atoms with Crippen LogP contribution in [0.1, 0.15) is 52.4 Å². The Bertz CT molecular complexity index is 235. The van der Waals surface area contributed by atoms with Gasteiger partial charge in [0.1, 0.15) is 5.78 Å². The minimum atomic E-state index is 0.351. The van der Waals surface area contributed by atoms with Gasteiger partial charge in [-0.2, -0.15) is 0 Å². The number of carbonyl (C=O) groups is 1. The normalized spacial score (nSPS) is 33.9. The number of Topliss-reactive ketones (excluding diaryl/α,β-unsaturated/α-hetero) is 1. The summed E-state index contributed by atoms with van der Waals surface area (Å²) in [5.74, 6) is 1.50. The van der Waals surface area contributed by atoms with Crippen LogP contribution in [0.4, 0.5) is 0 Å². The molecule has 3 atom stereocenters. The molecule has 2 aliphatic rings. The van der Waals surface area contributed by atoms with Crippen LogP contribution >= 0.6 is 0 Å². The van der Waals surface area contributed by atoms with Crippen molar-refractivity contribution in [2.75, 3.05) is 0 Å². The topological polar surface area (TPSA) is 29.1 Å². The third-order valence-corrected chi connectivity index (χ3v) is 4.36. The average molecular weight is 209 g/mol. The van der Waals surface area contributed by atoms with E-state index in [-0.39, 0.29) is 0 Å². The van der Waals surface area contributed by atoms with Crippen molar-refractivity contribution in [1.29, 1.82) is 0 Å². The highest BCUT2D eigenvalue weighted by Gasteiger charge is 2.42. The van der Waals surface area contributed by atoms with E-state index in [2.05, 4.69) is 19.2 Å². The molecule has 2 heteroatoms. The Morgan fingerprint density at radius 1 is 1.33 bits per heavy atom. The molecule has 0 radical (unpaired) electrons. The minimum absolute atomic E-state index is 0.351. The summed E-state index contributed by atoms with van der Waals surface area (Å²) in [6.07, 6.45) is 6.75. The van der Waals surface area contributed by atoms with Gasteiger partial charge in [-0.25, -0.2) is 0 Å². The zero-order valence-electron chi connectivity index (χ0n) is 9.96. The molecule has 2 saturated heterocycles. The van der Waals surface area contributed by atoms with Crippen LogP contribution in [0.15, 0.2) is 0 Å². The zero-order chi connectivity index (χ0) is 10.8. The Balaban J connectivity index is 1.86. The van der Waals surface area contributed by atoms with Gasteiger partial charge in [-0.15, -0.1) is 0 Å². The van der Waals surface area contributed by atoms with Gasteiger partial charge < -0.3 is 5.32 Å². The summed E-state index contributed by atoms with van der Waals surface area (Å²) in [6.45, 7) is 4.39. The summed E-state index contributed by atoms with van der Waals surface area (Å²) in [6, 6.07) is 1.18. The summed E-state index contributed by atoms with van der Waals surface area (Å²) in [4.78, 5) is 12.1. The molecule has 0 aromatic carbocycles. The van der Waals surface area contributed by atoms with Crippen molar-refractivity contribution < 1.29 is 4.79 Å². The fourth-order valence-corrected chi connectivity index (χ4v) is 3.19. The number of hydrogen-bond donors (Lipinski definition) is 1. The van der Waals surface area contributed by atoms with Crippen LogP contribution in [-0.4, -0.2) is 17.9 Å². The van der Waals surface area contributed by atoms with Crippen LogP contribution in [0.2, 0.25) is 0 Å². The minimum Gasteiger partial charge on any atom is -0.310 e. The predicted octanol–water partition coefficient (Wildman–Crippen LogP) is 2.52. The molecule has 0 aromatic rings. The van der Waals surface area contributed by atoms with E-state index in [1.165, 1.54) is 12.8 Å². The van der Waals surface area contributed by atoms with E-state index < -0.39 is 0 Å². The molecular weight excluding hydrogens is 186 g/mol. The first-order valence-electron chi connectivity index (χ1n) is 6.53. The Morgan fingerprint density at radius 2 is 2.07 bits per heavy atom. The fraction of sp³-hybridized carbons (Fsp3) is 0.923. The fourth-order valence-electron chi connectivity index (χ4n) is 3.19. The van der Waals surface area contributed by atoms with E-state index in [4.69, 9.17) is 0 Å². The number of carbonyl (C=O) groups excluding carboxylic acids is 1. The first-order chi connectivity index (χ1) is 7.24. The van der Waals surface area contributed by atoms with Crippen molar-refractivity contribution in [3.8, 4) is 0 Å². The second-order valence-electron chi connectivity index (χ2n) is 5.24. The van der Waals surface area contributed by atoms with E-state index in [0.717, 1.165) is 25.7 Å². The van der Waals surface area contributed by atoms with Crippen LogP contribution in [-0.2, 0) is 4.79 Å². The highest BCUT2D eigenvalue weighted by molar-refractivity contribution is 5.82. The van der Waals surface area contributed by atoms with Crippen molar-refractivity contribution in [2.24, 2.45) is 11.8 Å². The molecule has 2 heterocycles. The molecule has 1 N–H and O–H groups in total. The second-order valence-corrected chi connectivity index (χ2v) is 5.24. The number of rotatable bonds is 5. The SMILES string of the molecule is CCC(CC)CC(=O)C1CC2CCC1N2. The second kappa shape index (κ2) is 4.65. The summed E-state index contributed by atoms with van der Waals surface area (Å²) >= 11 is 0. The summed E-state index contributed by atoms with van der Waals surface area (Å²) < 4.78 is 0. The lowest BCUT2D eigenvalue weighted by atomic mass is 9.82. The monoisotopic (exact) mass is 209 g/mol. The molecule has 2 bridgehead atoms. The van der Waals surface area contributed by atoms with E-state index >= 15 is 0 Å². The lowest BCUT2D eigenvalue weighted by Gasteiger charge is -2.21. The van der Waals surface area contributed by atoms with Gasteiger partial charge in [-0.3, -0.25) is 4.79 Å². The van der Waals surface area contributed by atoms with Crippen LogP contribution in [0.3, 0.4) is 0 Å². The van der Waals surface area contributed by atoms with Gasteiger partial charge in [0.2, 0.25) is 0 Å². The van der Waals surface area contributed by atoms with Crippen LogP contribution < -0.4 is 5.32 Å². The Kier molecular flexibility index (Phi) is 3.45. The summed E-state index contributed by atoms with van der Waals surface area (Å²) in [5.41, 5.74) is 0. The van der Waals surface area contributed by atoms with Gasteiger partial charge in [-0.1, -0.05) is 26.7 Å². The standard InChI is InChI=1S/C13H23NO/c1-3-9(4-2)7-13(15)11-8-10-5-6-12(11)14-10/h9-12,14H,3-8H2,1-2H3. The van der Waals surface area contributed by atoms with Gasteiger partial charge in [0.05, 0.1) is 0 Å². The highest BCUT2D eigenvalue weighted by atomic mass is 16.1. The van der Waals surface area contributed by atoms with E-state index in [9.17, 15) is 4.79 Å². The molecule has 86 valence electrons. The van der Waals surface area contributed by atoms with E-state index in [0.29, 0.717) is 29.7 Å². The number of nitrogens with one attached hydrogen (secondary N) is 1. The maximum Gasteiger partial charge on any atom is 0.137 e. The predicted molar refractivity (Wildman–Crippen MR) is 61.7 cm³/mol. The first kappa shape index (κ1) is 11.1. The molecule has 2 aliphatic heterocycles. The smallest absolute Gasteiger partial charge is 0.137 e. The molecule has 2 nitrogen and oxygen atoms in total. The molecule has 0 spiro atoms. The number of hydrogen-bond acceptors (Lipinski definition) is 2. The molecule has 0 saturated carbocycles. The van der Waals surface area contributed by atoms with Crippen LogP contribution in [0.25, 0.3) is 0 Å². The van der Waals surface area contributed by atoms with Gasteiger partial charge in [-0.05, 0) is 25.2 Å². The molecular formula is C13H23NO. The maximum absolute atomic E-state index is 12.1. The largest absolute Gasteiger partial charge is 0.310 e. The van der Waals surface area contributed by atoms with E-state index in [1.807, 2.05) is 0 Å². The number of fused-ring (bicyclic) bond motifs is 2. The summed E-state index contributed by atoms with van der Waals surface area (Å²) in [5, 5.41) is 3.55. The lowest BCUT2D eigenvalue weighted by molar-refractivity contribution is -0.124. The lowest BCUT2D eigenvalue weighted by Crippen LogP contribution is -2.29. The van der Waals surface area contributed by atoms with Crippen LogP contribution in [0, 0.1) is 11.8 Å². The molecule has 0 aliphatic carbocycles. The average Bonchev–Trinajstić information content (AvgIpc) is 2.87. The Morgan fingerprint density at radius 3 is 2.53 bits per heavy atom. The van der Waals surface area contributed by atoms with Crippen molar-refractivity contribution >= 4 is 5.78 Å². The van der Waals surface area contributed by atoms with E-state index in [1.54, 1.807) is 0 Å². The molecule has 3 unspecified atom stereocenters. The molecule has 15 heavy (non-hydrogen) atoms. The molecule has 0 aromatic heterocycles. The van der Waals surface area contributed by atoms with Crippen molar-refractivity contribution in [1.82, 2.24) is 5.32 Å². The highest BCUT2D eigenvalue weighted by Crippen LogP contribution is 2.35. The third-order valence-electron chi connectivity index (χ3n) is 4.36. The quantitative estimate of drug-likeness (QED) is 0.754. The van der Waals surface area contributed by atoms with Gasteiger partial charge in [0.15, 0.2) is 0 Å². The number of ketones is 1. The molecule has 2 fully saturated rings. The van der Waals surface area contributed by atoms with Gasteiger partial charge in [0, 0.05) is 24.4 Å². The Hall–Kier alpha value is -0.370. The van der Waals surface area contributed by atoms with Crippen molar-refractivity contribution in [2.45, 2.75) is 64.5 Å². The van der Waals surface area contributed by atoms with Crippen molar-refractivity contribution in [3.05, 3.63) is 0 Å². The molecule has 0 amide bonds. The molecule has 2 rings (SSSR count). The zero-order valence-corrected chi connectivity index (χ0v) is 9.96. The van der Waals surface area contributed by atoms with Crippen LogP contribution in [0.5, 0.6) is 0 Å². The Labute approximate surface area is 92.8 Å². The van der Waals surface area contributed by atoms with Gasteiger partial charge >= 0.3 is 0 Å². The third kappa shape index (κ3) is 2.25. The first-order valence-corrected chi connectivity index (χ1v) is 6.53. The maximum atomic E-state index is 12.1.